The molecule has 1 aliphatic carbocycles. The van der Waals surface area contributed by atoms with Crippen molar-refractivity contribution < 1.29 is 8.42 Å². The molecular weight excluding hydrogens is 200 g/mol. The van der Waals surface area contributed by atoms with E-state index in [1.165, 1.54) is 0 Å². The van der Waals surface area contributed by atoms with Gasteiger partial charge in [-0.05, 0) is 31.7 Å². The van der Waals surface area contributed by atoms with E-state index in [1.807, 2.05) is 0 Å². The second-order valence-electron chi connectivity index (χ2n) is 4.61. The number of hydrogen-bond acceptors (Lipinski definition) is 4. The van der Waals surface area contributed by atoms with Crippen molar-refractivity contribution in [3.05, 3.63) is 0 Å². The van der Waals surface area contributed by atoms with E-state index in [0.717, 1.165) is 25.8 Å². The molecule has 2 aliphatic rings. The third kappa shape index (κ3) is 2.46. The molecule has 1 unspecified atom stereocenters. The van der Waals surface area contributed by atoms with Gasteiger partial charge in [-0.3, -0.25) is 0 Å². The summed E-state index contributed by atoms with van der Waals surface area (Å²) in [6, 6.07) is 0.896. The van der Waals surface area contributed by atoms with Crippen LogP contribution >= 0.6 is 0 Å². The van der Waals surface area contributed by atoms with E-state index in [0.29, 0.717) is 29.5 Å². The lowest BCUT2D eigenvalue weighted by atomic mass is 9.87. The van der Waals surface area contributed by atoms with E-state index in [4.69, 9.17) is 5.73 Å². The molecule has 1 saturated carbocycles. The Hall–Kier alpha value is -0.130. The first-order valence-corrected chi connectivity index (χ1v) is 7.07. The Labute approximate surface area is 85.2 Å². The van der Waals surface area contributed by atoms with E-state index < -0.39 is 9.84 Å². The molecule has 3 N–H and O–H groups in total. The third-order valence-electron chi connectivity index (χ3n) is 3.20. The van der Waals surface area contributed by atoms with Crippen LogP contribution in [0.4, 0.5) is 0 Å². The van der Waals surface area contributed by atoms with Crippen LogP contribution in [0.25, 0.3) is 0 Å². The summed E-state index contributed by atoms with van der Waals surface area (Å²) in [5, 5.41) is 3.38. The van der Waals surface area contributed by atoms with E-state index in [1.54, 1.807) is 0 Å². The van der Waals surface area contributed by atoms with Gasteiger partial charge in [-0.25, -0.2) is 8.42 Å². The summed E-state index contributed by atoms with van der Waals surface area (Å²) in [7, 11) is -2.71. The highest BCUT2D eigenvalue weighted by Gasteiger charge is 2.30. The zero-order chi connectivity index (χ0) is 10.2. The summed E-state index contributed by atoms with van der Waals surface area (Å²) in [5.74, 6) is 1.08. The summed E-state index contributed by atoms with van der Waals surface area (Å²) in [6.07, 6.45) is 2.91. The summed E-state index contributed by atoms with van der Waals surface area (Å²) in [4.78, 5) is 0. The highest BCUT2D eigenvalue weighted by molar-refractivity contribution is 7.91. The van der Waals surface area contributed by atoms with Crippen molar-refractivity contribution in [1.29, 1.82) is 0 Å². The van der Waals surface area contributed by atoms with Crippen LogP contribution in [0.5, 0.6) is 0 Å². The first-order chi connectivity index (χ1) is 6.55. The Morgan fingerprint density at radius 3 is 2.57 bits per heavy atom. The number of rotatable bonds is 3. The monoisotopic (exact) mass is 218 g/mol. The van der Waals surface area contributed by atoms with Crippen molar-refractivity contribution in [2.75, 3.05) is 18.1 Å². The molecule has 0 spiro atoms. The van der Waals surface area contributed by atoms with Gasteiger partial charge in [0.2, 0.25) is 0 Å². The van der Waals surface area contributed by atoms with Crippen molar-refractivity contribution in [2.24, 2.45) is 11.7 Å². The SMILES string of the molecule is NC1CC(NCC2CCS(=O)(=O)C2)C1. The Bertz CT molecular complexity index is 296. The van der Waals surface area contributed by atoms with Crippen LogP contribution < -0.4 is 11.1 Å². The summed E-state index contributed by atoms with van der Waals surface area (Å²) >= 11 is 0. The number of hydrogen-bond donors (Lipinski definition) is 2. The molecule has 82 valence electrons. The lowest BCUT2D eigenvalue weighted by Crippen LogP contribution is -2.49. The number of sulfone groups is 1. The van der Waals surface area contributed by atoms with E-state index in [2.05, 4.69) is 5.32 Å². The summed E-state index contributed by atoms with van der Waals surface area (Å²) in [6.45, 7) is 0.844. The Morgan fingerprint density at radius 1 is 1.36 bits per heavy atom. The van der Waals surface area contributed by atoms with Gasteiger partial charge in [-0.15, -0.1) is 0 Å². The van der Waals surface area contributed by atoms with Crippen LogP contribution in [0.15, 0.2) is 0 Å². The number of nitrogens with one attached hydrogen (secondary N) is 1. The Balaban J connectivity index is 1.67. The fourth-order valence-electron chi connectivity index (χ4n) is 2.19. The van der Waals surface area contributed by atoms with E-state index >= 15 is 0 Å². The molecule has 1 aliphatic heterocycles. The average Bonchev–Trinajstić information content (AvgIpc) is 2.37. The van der Waals surface area contributed by atoms with Crippen molar-refractivity contribution in [1.82, 2.24) is 5.32 Å². The molecule has 0 amide bonds. The number of nitrogens with two attached hydrogens (primary N) is 1. The predicted molar refractivity (Wildman–Crippen MR) is 55.8 cm³/mol. The van der Waals surface area contributed by atoms with Gasteiger partial charge in [0.1, 0.15) is 0 Å². The van der Waals surface area contributed by atoms with Crippen LogP contribution in [-0.2, 0) is 9.84 Å². The average molecular weight is 218 g/mol. The Kier molecular flexibility index (Phi) is 2.81. The van der Waals surface area contributed by atoms with Crippen molar-refractivity contribution in [2.45, 2.75) is 31.3 Å². The maximum atomic E-state index is 11.2. The van der Waals surface area contributed by atoms with Gasteiger partial charge >= 0.3 is 0 Å². The van der Waals surface area contributed by atoms with Gasteiger partial charge in [0.05, 0.1) is 11.5 Å². The molecule has 1 saturated heterocycles. The molecule has 0 radical (unpaired) electrons. The molecule has 0 bridgehead atoms. The first kappa shape index (κ1) is 10.4. The van der Waals surface area contributed by atoms with Crippen molar-refractivity contribution in [3.8, 4) is 0 Å². The minimum atomic E-state index is -2.71. The molecule has 0 aromatic carbocycles. The normalized spacial score (nSPS) is 40.8. The molecular formula is C9H18N2O2S. The zero-order valence-corrected chi connectivity index (χ0v) is 9.09. The second kappa shape index (κ2) is 3.79. The molecule has 1 atom stereocenters. The molecule has 2 rings (SSSR count). The quantitative estimate of drug-likeness (QED) is 0.670. The topological polar surface area (TPSA) is 72.2 Å². The lowest BCUT2D eigenvalue weighted by Gasteiger charge is -2.33. The highest BCUT2D eigenvalue weighted by atomic mass is 32.2. The zero-order valence-electron chi connectivity index (χ0n) is 8.28. The van der Waals surface area contributed by atoms with E-state index in [9.17, 15) is 8.42 Å². The van der Waals surface area contributed by atoms with Gasteiger partial charge in [-0.2, -0.15) is 0 Å². The molecule has 1 heterocycles. The minimum absolute atomic E-state index is 0.330. The summed E-state index contributed by atoms with van der Waals surface area (Å²) in [5.41, 5.74) is 5.66. The molecule has 14 heavy (non-hydrogen) atoms. The van der Waals surface area contributed by atoms with Gasteiger partial charge in [0, 0.05) is 12.1 Å². The maximum Gasteiger partial charge on any atom is 0.150 e. The largest absolute Gasteiger partial charge is 0.328 e. The van der Waals surface area contributed by atoms with Gasteiger partial charge in [0.15, 0.2) is 9.84 Å². The maximum absolute atomic E-state index is 11.2. The highest BCUT2D eigenvalue weighted by Crippen LogP contribution is 2.21. The van der Waals surface area contributed by atoms with Gasteiger partial charge < -0.3 is 11.1 Å². The predicted octanol–water partition coefficient (Wildman–Crippen LogP) is -0.500. The van der Waals surface area contributed by atoms with Crippen LogP contribution in [0.1, 0.15) is 19.3 Å². The molecule has 2 fully saturated rings. The van der Waals surface area contributed by atoms with Crippen LogP contribution in [0.2, 0.25) is 0 Å². The standard InChI is InChI=1S/C9H18N2O2S/c10-8-3-9(4-8)11-5-7-1-2-14(12,13)6-7/h7-9,11H,1-6,10H2. The molecule has 0 aromatic rings. The third-order valence-corrected chi connectivity index (χ3v) is 5.03. The fourth-order valence-corrected chi connectivity index (χ4v) is 4.06. The molecule has 4 nitrogen and oxygen atoms in total. The molecule has 5 heteroatoms. The smallest absolute Gasteiger partial charge is 0.150 e. The van der Waals surface area contributed by atoms with Crippen LogP contribution in [0.3, 0.4) is 0 Å². The summed E-state index contributed by atoms with van der Waals surface area (Å²) < 4.78 is 22.3. The Morgan fingerprint density at radius 2 is 2.07 bits per heavy atom. The van der Waals surface area contributed by atoms with E-state index in [-0.39, 0.29) is 0 Å². The van der Waals surface area contributed by atoms with Crippen LogP contribution in [-0.4, -0.2) is 38.6 Å². The fraction of sp³-hybridized carbons (Fsp3) is 1.00. The first-order valence-electron chi connectivity index (χ1n) is 5.24. The minimum Gasteiger partial charge on any atom is -0.328 e. The molecule has 0 aromatic heterocycles. The van der Waals surface area contributed by atoms with Gasteiger partial charge in [-0.1, -0.05) is 0 Å². The lowest BCUT2D eigenvalue weighted by molar-refractivity contribution is 0.281. The van der Waals surface area contributed by atoms with Crippen molar-refractivity contribution in [3.63, 3.8) is 0 Å². The van der Waals surface area contributed by atoms with Crippen molar-refractivity contribution >= 4 is 9.84 Å². The van der Waals surface area contributed by atoms with Crippen LogP contribution in [0, 0.1) is 5.92 Å². The second-order valence-corrected chi connectivity index (χ2v) is 6.83. The van der Waals surface area contributed by atoms with Gasteiger partial charge in [0.25, 0.3) is 0 Å².